The topological polar surface area (TPSA) is 67.9 Å². The Morgan fingerprint density at radius 2 is 1.81 bits per heavy atom. The third-order valence-electron chi connectivity index (χ3n) is 7.12. The molecule has 1 saturated heterocycles. The summed E-state index contributed by atoms with van der Waals surface area (Å²) in [6, 6.07) is 15.8. The number of ether oxygens (including phenoxy) is 2. The van der Waals surface area contributed by atoms with Crippen LogP contribution in [-0.2, 0) is 27.3 Å². The summed E-state index contributed by atoms with van der Waals surface area (Å²) in [4.78, 5) is 27.9. The molecule has 2 amide bonds. The predicted molar refractivity (Wildman–Crippen MR) is 138 cm³/mol. The fourth-order valence-corrected chi connectivity index (χ4v) is 4.47. The van der Waals surface area contributed by atoms with Crippen molar-refractivity contribution in [2.45, 2.75) is 83.6 Å². The number of carbonyl (C=O) groups is 2. The summed E-state index contributed by atoms with van der Waals surface area (Å²) >= 11 is 0. The lowest BCUT2D eigenvalue weighted by Crippen LogP contribution is -2.46. The van der Waals surface area contributed by atoms with Crippen molar-refractivity contribution in [2.24, 2.45) is 0 Å². The Bertz CT molecular complexity index is 980. The number of nitrogens with one attached hydrogen (secondary N) is 1. The normalized spacial score (nSPS) is 16.6. The molecule has 1 aliphatic heterocycles. The molecule has 36 heavy (non-hydrogen) atoms. The lowest BCUT2D eigenvalue weighted by atomic mass is 10.0. The SMILES string of the molecule is CCC(C)(CC)OC(=O)N[C@@H](CC(=O)N1CCC[C@H]1COCc1ccccc1)Cc1ccccc1F. The second-order valence-electron chi connectivity index (χ2n) is 9.77. The number of alkyl carbamates (subject to hydrolysis) is 1. The van der Waals surface area contributed by atoms with Crippen LogP contribution in [0.3, 0.4) is 0 Å². The molecule has 2 aromatic carbocycles. The van der Waals surface area contributed by atoms with E-state index in [2.05, 4.69) is 5.32 Å². The number of hydrogen-bond acceptors (Lipinski definition) is 4. The molecule has 1 aliphatic rings. The molecule has 1 fully saturated rings. The van der Waals surface area contributed by atoms with Gasteiger partial charge >= 0.3 is 6.09 Å². The molecule has 0 saturated carbocycles. The summed E-state index contributed by atoms with van der Waals surface area (Å²) < 4.78 is 26.0. The van der Waals surface area contributed by atoms with Crippen LogP contribution < -0.4 is 5.32 Å². The van der Waals surface area contributed by atoms with Gasteiger partial charge in [-0.1, -0.05) is 62.4 Å². The number of nitrogens with zero attached hydrogens (tertiary/aromatic N) is 1. The Hall–Kier alpha value is -2.93. The maximum Gasteiger partial charge on any atom is 0.407 e. The van der Waals surface area contributed by atoms with E-state index in [0.717, 1.165) is 18.4 Å². The van der Waals surface area contributed by atoms with E-state index in [1.54, 1.807) is 18.2 Å². The molecule has 0 radical (unpaired) electrons. The third-order valence-corrected chi connectivity index (χ3v) is 7.12. The van der Waals surface area contributed by atoms with Crippen LogP contribution in [0.1, 0.15) is 64.0 Å². The Morgan fingerprint density at radius 1 is 1.11 bits per heavy atom. The van der Waals surface area contributed by atoms with Gasteiger partial charge in [0.25, 0.3) is 0 Å². The zero-order valence-corrected chi connectivity index (χ0v) is 21.7. The van der Waals surface area contributed by atoms with Crippen molar-refractivity contribution in [2.75, 3.05) is 13.2 Å². The molecule has 3 rings (SSSR count). The van der Waals surface area contributed by atoms with E-state index in [1.807, 2.05) is 56.0 Å². The zero-order valence-electron chi connectivity index (χ0n) is 21.7. The highest BCUT2D eigenvalue weighted by Crippen LogP contribution is 2.22. The summed E-state index contributed by atoms with van der Waals surface area (Å²) in [5.74, 6) is -0.429. The summed E-state index contributed by atoms with van der Waals surface area (Å²) in [6.45, 7) is 7.41. The molecular formula is C29H39FN2O4. The first-order chi connectivity index (χ1) is 17.3. The van der Waals surface area contributed by atoms with Gasteiger partial charge in [0.2, 0.25) is 5.91 Å². The second-order valence-corrected chi connectivity index (χ2v) is 9.77. The van der Waals surface area contributed by atoms with Crippen molar-refractivity contribution < 1.29 is 23.5 Å². The molecule has 0 aliphatic carbocycles. The molecule has 0 unspecified atom stereocenters. The fourth-order valence-electron chi connectivity index (χ4n) is 4.47. The van der Waals surface area contributed by atoms with Crippen molar-refractivity contribution >= 4 is 12.0 Å². The van der Waals surface area contributed by atoms with Gasteiger partial charge in [0.1, 0.15) is 11.4 Å². The van der Waals surface area contributed by atoms with Gasteiger partial charge in [-0.05, 0) is 56.2 Å². The van der Waals surface area contributed by atoms with E-state index < -0.39 is 17.7 Å². The van der Waals surface area contributed by atoms with Crippen LogP contribution in [0.25, 0.3) is 0 Å². The zero-order chi connectivity index (χ0) is 26.0. The van der Waals surface area contributed by atoms with Gasteiger partial charge in [-0.15, -0.1) is 0 Å². The van der Waals surface area contributed by atoms with Gasteiger partial charge in [0.05, 0.1) is 19.3 Å². The Labute approximate surface area is 214 Å². The van der Waals surface area contributed by atoms with Crippen LogP contribution in [0.2, 0.25) is 0 Å². The van der Waals surface area contributed by atoms with E-state index in [-0.39, 0.29) is 30.6 Å². The largest absolute Gasteiger partial charge is 0.443 e. The van der Waals surface area contributed by atoms with E-state index in [1.165, 1.54) is 6.07 Å². The quantitative estimate of drug-likeness (QED) is 0.411. The first kappa shape index (κ1) is 27.7. The van der Waals surface area contributed by atoms with Gasteiger partial charge in [0, 0.05) is 19.0 Å². The highest BCUT2D eigenvalue weighted by atomic mass is 19.1. The Kier molecular flexibility index (Phi) is 10.3. The molecule has 0 spiro atoms. The summed E-state index contributed by atoms with van der Waals surface area (Å²) in [7, 11) is 0. The lowest BCUT2D eigenvalue weighted by Gasteiger charge is -2.30. The molecule has 2 aromatic rings. The molecular weight excluding hydrogens is 459 g/mol. The van der Waals surface area contributed by atoms with Gasteiger partial charge in [-0.2, -0.15) is 0 Å². The molecule has 6 nitrogen and oxygen atoms in total. The van der Waals surface area contributed by atoms with Crippen LogP contribution in [-0.4, -0.2) is 47.7 Å². The Morgan fingerprint density at radius 3 is 2.50 bits per heavy atom. The molecule has 2 atom stereocenters. The van der Waals surface area contributed by atoms with E-state index in [0.29, 0.717) is 38.2 Å². The third kappa shape index (κ3) is 8.05. The number of carbonyl (C=O) groups excluding carboxylic acids is 2. The summed E-state index contributed by atoms with van der Waals surface area (Å²) in [6.07, 6.45) is 2.81. The number of hydrogen-bond donors (Lipinski definition) is 1. The van der Waals surface area contributed by atoms with Gasteiger partial charge in [-0.25, -0.2) is 9.18 Å². The van der Waals surface area contributed by atoms with E-state index >= 15 is 0 Å². The smallest absolute Gasteiger partial charge is 0.407 e. The van der Waals surface area contributed by atoms with Gasteiger partial charge in [0.15, 0.2) is 0 Å². The average molecular weight is 499 g/mol. The molecule has 7 heteroatoms. The Balaban J connectivity index is 1.63. The minimum absolute atomic E-state index is 0.00857. The van der Waals surface area contributed by atoms with Crippen molar-refractivity contribution in [3.8, 4) is 0 Å². The molecule has 0 bridgehead atoms. The van der Waals surface area contributed by atoms with Crippen molar-refractivity contribution in [1.82, 2.24) is 10.2 Å². The van der Waals surface area contributed by atoms with Crippen molar-refractivity contribution in [3.05, 3.63) is 71.5 Å². The maximum absolute atomic E-state index is 14.4. The summed E-state index contributed by atoms with van der Waals surface area (Å²) in [5, 5.41) is 2.84. The fraction of sp³-hybridized carbons (Fsp3) is 0.517. The molecule has 0 aromatic heterocycles. The van der Waals surface area contributed by atoms with Crippen molar-refractivity contribution in [1.29, 1.82) is 0 Å². The van der Waals surface area contributed by atoms with E-state index in [9.17, 15) is 14.0 Å². The van der Waals surface area contributed by atoms with E-state index in [4.69, 9.17) is 9.47 Å². The van der Waals surface area contributed by atoms with Crippen molar-refractivity contribution in [3.63, 3.8) is 0 Å². The number of rotatable bonds is 12. The van der Waals surface area contributed by atoms with Crippen LogP contribution in [0.5, 0.6) is 0 Å². The highest BCUT2D eigenvalue weighted by molar-refractivity contribution is 5.78. The molecule has 1 N–H and O–H groups in total. The monoisotopic (exact) mass is 498 g/mol. The van der Waals surface area contributed by atoms with Crippen LogP contribution in [0.15, 0.2) is 54.6 Å². The van der Waals surface area contributed by atoms with Gasteiger partial charge in [-0.3, -0.25) is 4.79 Å². The predicted octanol–water partition coefficient (Wildman–Crippen LogP) is 5.64. The van der Waals surface area contributed by atoms with Gasteiger partial charge < -0.3 is 19.7 Å². The average Bonchev–Trinajstić information content (AvgIpc) is 3.34. The number of amides is 2. The minimum Gasteiger partial charge on any atom is -0.443 e. The highest BCUT2D eigenvalue weighted by Gasteiger charge is 2.32. The number of halogens is 1. The maximum atomic E-state index is 14.4. The number of benzene rings is 2. The minimum atomic E-state index is -0.591. The molecule has 196 valence electrons. The number of likely N-dealkylation sites (tertiary alicyclic amines) is 1. The first-order valence-corrected chi connectivity index (χ1v) is 13.0. The standard InChI is InChI=1S/C29H39FN2O4/c1-4-29(3,5-2)36-28(34)31-24(18-23-14-9-10-16-26(23)30)19-27(33)32-17-11-15-25(32)21-35-20-22-12-7-6-8-13-22/h6-10,12-14,16,24-25H,4-5,11,15,17-21H2,1-3H3,(H,31,34)/t24-,25+/m1/s1. The summed E-state index contributed by atoms with van der Waals surface area (Å²) in [5.41, 5.74) is 0.952. The van der Waals surface area contributed by atoms with Crippen LogP contribution in [0, 0.1) is 5.82 Å². The van der Waals surface area contributed by atoms with Crippen LogP contribution >= 0.6 is 0 Å². The first-order valence-electron chi connectivity index (χ1n) is 13.0. The second kappa shape index (κ2) is 13.4. The molecule has 1 heterocycles. The van der Waals surface area contributed by atoms with Crippen LogP contribution in [0.4, 0.5) is 9.18 Å². The lowest BCUT2D eigenvalue weighted by molar-refractivity contribution is -0.133.